The van der Waals surface area contributed by atoms with Crippen LogP contribution in [0, 0.1) is 0 Å². The Bertz CT molecular complexity index is 117. The summed E-state index contributed by atoms with van der Waals surface area (Å²) in [6.45, 7) is 10.7. The molecule has 0 radical (unpaired) electrons. The van der Waals surface area contributed by atoms with Gasteiger partial charge in [0, 0.05) is 6.61 Å². The number of ether oxygens (including phenoxy) is 2. The van der Waals surface area contributed by atoms with E-state index in [-0.39, 0.29) is 0 Å². The first-order valence-electron chi connectivity index (χ1n) is 4.28. The molecule has 0 heterocycles. The summed E-state index contributed by atoms with van der Waals surface area (Å²) in [7, 11) is 1.62. The predicted octanol–water partition coefficient (Wildman–Crippen LogP) is 2.77. The highest BCUT2D eigenvalue weighted by molar-refractivity contribution is 5.04. The van der Waals surface area contributed by atoms with E-state index in [0.717, 1.165) is 5.76 Å². The van der Waals surface area contributed by atoms with Crippen molar-refractivity contribution in [1.29, 1.82) is 0 Å². The minimum Gasteiger partial charge on any atom is -0.499 e. The number of rotatable bonds is 5. The molecular weight excluding hydrogens is 152 g/mol. The van der Waals surface area contributed by atoms with Gasteiger partial charge in [-0.1, -0.05) is 26.5 Å². The van der Waals surface area contributed by atoms with Gasteiger partial charge in [0.2, 0.25) is 0 Å². The van der Waals surface area contributed by atoms with Gasteiger partial charge in [0.05, 0.1) is 7.11 Å². The van der Waals surface area contributed by atoms with E-state index in [1.807, 2.05) is 20.8 Å². The lowest BCUT2D eigenvalue weighted by atomic mass is 10.4. The molecule has 0 aromatic heterocycles. The smallest absolute Gasteiger partial charge is 0.121 e. The number of methoxy groups -OCH3 is 1. The molecule has 0 aromatic carbocycles. The average molecular weight is 172 g/mol. The largest absolute Gasteiger partial charge is 0.499 e. The lowest BCUT2D eigenvalue weighted by Crippen LogP contribution is -1.98. The highest BCUT2D eigenvalue weighted by Crippen LogP contribution is 1.95. The molecule has 0 aliphatic carbocycles. The summed E-state index contributed by atoms with van der Waals surface area (Å²) in [4.78, 5) is 0. The molecule has 0 atom stereocenters. The summed E-state index contributed by atoms with van der Waals surface area (Å²) in [5.41, 5.74) is 0. The Hall–Kier alpha value is -0.760. The molecule has 0 rings (SSSR count). The molecule has 0 aliphatic rings. The summed E-state index contributed by atoms with van der Waals surface area (Å²) in [5.74, 6) is 0.803. The molecule has 0 amide bonds. The van der Waals surface area contributed by atoms with E-state index < -0.39 is 0 Å². The van der Waals surface area contributed by atoms with E-state index in [2.05, 4.69) is 6.58 Å². The SMILES string of the molecule is C=C/C=C(/COCC)OC.CC. The summed E-state index contributed by atoms with van der Waals surface area (Å²) in [6.07, 6.45) is 3.47. The van der Waals surface area contributed by atoms with Crippen molar-refractivity contribution in [3.05, 3.63) is 24.5 Å². The quantitative estimate of drug-likeness (QED) is 0.469. The molecule has 0 saturated carbocycles. The second kappa shape index (κ2) is 12.9. The molecule has 0 N–H and O–H groups in total. The van der Waals surface area contributed by atoms with Crippen LogP contribution in [-0.4, -0.2) is 20.3 Å². The minimum atomic E-state index is 0.527. The molecule has 0 fully saturated rings. The average Bonchev–Trinajstić information content (AvgIpc) is 2.15. The van der Waals surface area contributed by atoms with E-state index in [1.54, 1.807) is 19.3 Å². The fourth-order valence-corrected chi connectivity index (χ4v) is 0.509. The van der Waals surface area contributed by atoms with Crippen molar-refractivity contribution in [3.8, 4) is 0 Å². The highest BCUT2D eigenvalue weighted by atomic mass is 16.5. The molecule has 0 bridgehead atoms. The van der Waals surface area contributed by atoms with E-state index >= 15 is 0 Å². The fourth-order valence-electron chi connectivity index (χ4n) is 0.509. The van der Waals surface area contributed by atoms with Crippen molar-refractivity contribution >= 4 is 0 Å². The maximum Gasteiger partial charge on any atom is 0.121 e. The van der Waals surface area contributed by atoms with Crippen LogP contribution in [0.5, 0.6) is 0 Å². The highest BCUT2D eigenvalue weighted by Gasteiger charge is 1.91. The predicted molar refractivity (Wildman–Crippen MR) is 53.1 cm³/mol. The summed E-state index contributed by atoms with van der Waals surface area (Å²) in [5, 5.41) is 0. The molecule has 2 heteroatoms. The Morgan fingerprint density at radius 2 is 2.00 bits per heavy atom. The number of allylic oxidation sites excluding steroid dienone is 2. The Kier molecular flexibility index (Phi) is 14.8. The minimum absolute atomic E-state index is 0.527. The van der Waals surface area contributed by atoms with Crippen LogP contribution in [0.1, 0.15) is 20.8 Å². The second-order valence-corrected chi connectivity index (χ2v) is 1.71. The van der Waals surface area contributed by atoms with Crippen molar-refractivity contribution in [3.63, 3.8) is 0 Å². The molecule has 0 aliphatic heterocycles. The molecule has 0 saturated heterocycles. The molecule has 2 nitrogen and oxygen atoms in total. The van der Waals surface area contributed by atoms with Crippen LogP contribution in [0.4, 0.5) is 0 Å². The van der Waals surface area contributed by atoms with Gasteiger partial charge in [-0.2, -0.15) is 0 Å². The van der Waals surface area contributed by atoms with Gasteiger partial charge in [-0.05, 0) is 13.0 Å². The summed E-state index contributed by atoms with van der Waals surface area (Å²) < 4.78 is 10.1. The molecule has 0 unspecified atom stereocenters. The first-order chi connectivity index (χ1) is 5.85. The Morgan fingerprint density at radius 1 is 1.42 bits per heavy atom. The first kappa shape index (κ1) is 13.8. The lowest BCUT2D eigenvalue weighted by molar-refractivity contribution is 0.124. The summed E-state index contributed by atoms with van der Waals surface area (Å²) in [6, 6.07) is 0. The van der Waals surface area contributed by atoms with Crippen molar-refractivity contribution in [2.45, 2.75) is 20.8 Å². The van der Waals surface area contributed by atoms with Crippen LogP contribution in [-0.2, 0) is 9.47 Å². The van der Waals surface area contributed by atoms with Crippen LogP contribution in [0.15, 0.2) is 24.5 Å². The topological polar surface area (TPSA) is 18.5 Å². The van der Waals surface area contributed by atoms with Gasteiger partial charge < -0.3 is 9.47 Å². The molecular formula is C10H20O2. The Morgan fingerprint density at radius 3 is 2.33 bits per heavy atom. The van der Waals surface area contributed by atoms with Crippen LogP contribution in [0.2, 0.25) is 0 Å². The Balaban J connectivity index is 0. The van der Waals surface area contributed by atoms with Crippen LogP contribution < -0.4 is 0 Å². The van der Waals surface area contributed by atoms with E-state index in [4.69, 9.17) is 9.47 Å². The fraction of sp³-hybridized carbons (Fsp3) is 0.600. The Labute approximate surface area is 75.9 Å². The zero-order valence-electron chi connectivity index (χ0n) is 8.59. The van der Waals surface area contributed by atoms with E-state index in [9.17, 15) is 0 Å². The maximum atomic E-state index is 5.10. The van der Waals surface area contributed by atoms with Crippen molar-refractivity contribution in [2.75, 3.05) is 20.3 Å². The van der Waals surface area contributed by atoms with Gasteiger partial charge in [0.25, 0.3) is 0 Å². The van der Waals surface area contributed by atoms with Crippen molar-refractivity contribution < 1.29 is 9.47 Å². The van der Waals surface area contributed by atoms with Gasteiger partial charge in [-0.15, -0.1) is 0 Å². The van der Waals surface area contributed by atoms with Gasteiger partial charge in [0.15, 0.2) is 0 Å². The third-order valence-electron chi connectivity index (χ3n) is 1.01. The standard InChI is InChI=1S/C8H14O2.C2H6/c1-4-6-8(9-3)7-10-5-2;1-2/h4,6H,1,5,7H2,2-3H3;1-2H3/b8-6-;. The van der Waals surface area contributed by atoms with Crippen LogP contribution in [0.3, 0.4) is 0 Å². The number of hydrogen-bond donors (Lipinski definition) is 0. The molecule has 0 spiro atoms. The first-order valence-corrected chi connectivity index (χ1v) is 4.28. The van der Waals surface area contributed by atoms with Gasteiger partial charge in [-0.3, -0.25) is 0 Å². The molecule has 0 aromatic rings. The lowest BCUT2D eigenvalue weighted by Gasteiger charge is -2.03. The van der Waals surface area contributed by atoms with E-state index in [1.165, 1.54) is 0 Å². The third kappa shape index (κ3) is 9.24. The molecule has 12 heavy (non-hydrogen) atoms. The zero-order valence-corrected chi connectivity index (χ0v) is 8.59. The van der Waals surface area contributed by atoms with Crippen LogP contribution >= 0.6 is 0 Å². The zero-order chi connectivity index (χ0) is 9.82. The second-order valence-electron chi connectivity index (χ2n) is 1.71. The van der Waals surface area contributed by atoms with Gasteiger partial charge in [0.1, 0.15) is 12.4 Å². The van der Waals surface area contributed by atoms with Gasteiger partial charge >= 0.3 is 0 Å². The normalized spacial score (nSPS) is 9.83. The van der Waals surface area contributed by atoms with Crippen molar-refractivity contribution in [2.24, 2.45) is 0 Å². The van der Waals surface area contributed by atoms with Crippen molar-refractivity contribution in [1.82, 2.24) is 0 Å². The number of hydrogen-bond acceptors (Lipinski definition) is 2. The van der Waals surface area contributed by atoms with E-state index in [0.29, 0.717) is 13.2 Å². The van der Waals surface area contributed by atoms with Crippen LogP contribution in [0.25, 0.3) is 0 Å². The van der Waals surface area contributed by atoms with Gasteiger partial charge in [-0.25, -0.2) is 0 Å². The summed E-state index contributed by atoms with van der Waals surface area (Å²) >= 11 is 0. The monoisotopic (exact) mass is 172 g/mol. The maximum absolute atomic E-state index is 5.10. The third-order valence-corrected chi connectivity index (χ3v) is 1.01. The molecule has 72 valence electrons.